The molecule has 0 radical (unpaired) electrons. The highest BCUT2D eigenvalue weighted by Crippen LogP contribution is 2.38. The summed E-state index contributed by atoms with van der Waals surface area (Å²) in [5.41, 5.74) is 1.98. The lowest BCUT2D eigenvalue weighted by atomic mass is 9.96. The van der Waals surface area contributed by atoms with E-state index in [4.69, 9.17) is 9.47 Å². The molecule has 7 heteroatoms. The molecule has 0 bridgehead atoms. The van der Waals surface area contributed by atoms with Crippen molar-refractivity contribution in [3.05, 3.63) is 71.3 Å². The van der Waals surface area contributed by atoms with E-state index in [1.54, 1.807) is 47.4 Å². The minimum Gasteiger partial charge on any atom is -0.483 e. The number of hydrogen-bond acceptors (Lipinski definition) is 6. The van der Waals surface area contributed by atoms with E-state index in [0.717, 1.165) is 11.3 Å². The number of rotatable bonds is 5. The Morgan fingerprint density at radius 1 is 1.19 bits per heavy atom. The first-order chi connectivity index (χ1) is 15.4. The Hall–Kier alpha value is -3.63. The zero-order chi connectivity index (χ0) is 22.7. The molecule has 0 N–H and O–H groups in total. The number of hydrogen-bond donors (Lipinski definition) is 0. The van der Waals surface area contributed by atoms with Crippen LogP contribution < -0.4 is 4.74 Å². The average Bonchev–Trinajstić information content (AvgIpc) is 2.78. The first-order valence-corrected chi connectivity index (χ1v) is 10.6. The van der Waals surface area contributed by atoms with E-state index >= 15 is 0 Å². The van der Waals surface area contributed by atoms with E-state index in [-0.39, 0.29) is 25.0 Å². The molecule has 0 atom stereocenters. The molecule has 2 heterocycles. The fraction of sp³-hybridized carbons (Fsp3) is 0.320. The van der Waals surface area contributed by atoms with Crippen LogP contribution in [0.2, 0.25) is 0 Å². The van der Waals surface area contributed by atoms with E-state index in [1.807, 2.05) is 30.9 Å². The van der Waals surface area contributed by atoms with Crippen LogP contribution in [0.15, 0.2) is 54.6 Å². The maximum absolute atomic E-state index is 13.0. The number of esters is 1. The van der Waals surface area contributed by atoms with Gasteiger partial charge in [0.2, 0.25) is 5.91 Å². The van der Waals surface area contributed by atoms with Crippen molar-refractivity contribution in [3.8, 4) is 11.8 Å². The molecule has 0 aliphatic carbocycles. The minimum absolute atomic E-state index is 0.0390. The van der Waals surface area contributed by atoms with Crippen molar-refractivity contribution in [2.24, 2.45) is 0 Å². The molecule has 32 heavy (non-hydrogen) atoms. The molecule has 2 aromatic carbocycles. The number of fused-ring (bicyclic) bond motifs is 1. The second-order valence-electron chi connectivity index (χ2n) is 8.38. The van der Waals surface area contributed by atoms with Gasteiger partial charge in [-0.1, -0.05) is 18.2 Å². The van der Waals surface area contributed by atoms with Crippen molar-refractivity contribution >= 4 is 17.6 Å². The molecular weight excluding hydrogens is 406 g/mol. The number of nitriles is 1. The molecule has 1 saturated heterocycles. The van der Waals surface area contributed by atoms with Gasteiger partial charge in [-0.2, -0.15) is 5.26 Å². The van der Waals surface area contributed by atoms with Gasteiger partial charge in [0.25, 0.3) is 0 Å². The normalized spacial score (nSPS) is 17.6. The SMILES string of the molecule is CC1(C)C=C(N2CCN(CCOC(=O)c3ccccc3)CC2=O)c2cc(C#N)ccc2O1. The Morgan fingerprint density at radius 2 is 1.97 bits per heavy atom. The van der Waals surface area contributed by atoms with Crippen molar-refractivity contribution in [1.82, 2.24) is 9.80 Å². The van der Waals surface area contributed by atoms with Crippen LogP contribution in [0.25, 0.3) is 5.70 Å². The van der Waals surface area contributed by atoms with Crippen LogP contribution in [0.5, 0.6) is 5.75 Å². The Labute approximate surface area is 187 Å². The Balaban J connectivity index is 1.40. The van der Waals surface area contributed by atoms with Gasteiger partial charge in [0.1, 0.15) is 18.0 Å². The lowest BCUT2D eigenvalue weighted by molar-refractivity contribution is -0.132. The summed E-state index contributed by atoms with van der Waals surface area (Å²) in [6, 6.07) is 16.3. The number of benzene rings is 2. The van der Waals surface area contributed by atoms with E-state index < -0.39 is 5.60 Å². The summed E-state index contributed by atoms with van der Waals surface area (Å²) < 4.78 is 11.4. The first-order valence-electron chi connectivity index (χ1n) is 10.6. The Bertz CT molecular complexity index is 1100. The second-order valence-corrected chi connectivity index (χ2v) is 8.38. The summed E-state index contributed by atoms with van der Waals surface area (Å²) in [4.78, 5) is 28.9. The number of carbonyl (C=O) groups excluding carboxylic acids is 2. The summed E-state index contributed by atoms with van der Waals surface area (Å²) in [6.45, 7) is 5.98. The van der Waals surface area contributed by atoms with Crippen LogP contribution in [-0.4, -0.2) is 60.1 Å². The highest BCUT2D eigenvalue weighted by Gasteiger charge is 2.34. The van der Waals surface area contributed by atoms with Gasteiger partial charge in [-0.3, -0.25) is 9.69 Å². The van der Waals surface area contributed by atoms with Crippen molar-refractivity contribution in [2.75, 3.05) is 32.8 Å². The van der Waals surface area contributed by atoms with Crippen molar-refractivity contribution in [1.29, 1.82) is 5.26 Å². The van der Waals surface area contributed by atoms with Crippen LogP contribution >= 0.6 is 0 Å². The zero-order valence-corrected chi connectivity index (χ0v) is 18.2. The molecule has 2 aliphatic heterocycles. The van der Waals surface area contributed by atoms with Crippen molar-refractivity contribution < 1.29 is 19.1 Å². The topological polar surface area (TPSA) is 82.9 Å². The van der Waals surface area contributed by atoms with Crippen LogP contribution in [0.1, 0.15) is 35.3 Å². The molecule has 2 aliphatic rings. The van der Waals surface area contributed by atoms with Crippen molar-refractivity contribution in [2.45, 2.75) is 19.4 Å². The molecule has 0 spiro atoms. The maximum Gasteiger partial charge on any atom is 0.338 e. The molecule has 4 rings (SSSR count). The summed E-state index contributed by atoms with van der Waals surface area (Å²) in [6.07, 6.45) is 1.94. The van der Waals surface area contributed by atoms with Gasteiger partial charge in [-0.15, -0.1) is 0 Å². The number of amides is 1. The molecule has 0 saturated carbocycles. The monoisotopic (exact) mass is 431 g/mol. The Morgan fingerprint density at radius 3 is 2.69 bits per heavy atom. The largest absolute Gasteiger partial charge is 0.483 e. The maximum atomic E-state index is 13.0. The van der Waals surface area contributed by atoms with Crippen LogP contribution in [0.4, 0.5) is 0 Å². The summed E-state index contributed by atoms with van der Waals surface area (Å²) >= 11 is 0. The smallest absolute Gasteiger partial charge is 0.338 e. The van der Waals surface area contributed by atoms with Gasteiger partial charge in [-0.05, 0) is 50.3 Å². The predicted molar refractivity (Wildman–Crippen MR) is 119 cm³/mol. The number of ether oxygens (including phenoxy) is 2. The van der Waals surface area contributed by atoms with E-state index in [1.165, 1.54) is 0 Å². The molecule has 0 unspecified atom stereocenters. The van der Waals surface area contributed by atoms with Crippen LogP contribution in [0.3, 0.4) is 0 Å². The van der Waals surface area contributed by atoms with Gasteiger partial charge >= 0.3 is 5.97 Å². The third-order valence-corrected chi connectivity index (χ3v) is 5.48. The fourth-order valence-corrected chi connectivity index (χ4v) is 3.92. The third kappa shape index (κ3) is 4.66. The van der Waals surface area contributed by atoms with Gasteiger partial charge in [0, 0.05) is 25.2 Å². The standard InChI is InChI=1S/C25H25N3O4/c1-25(2)15-21(20-14-18(16-26)8-9-22(20)32-25)28-11-10-27(17-23(28)29)12-13-31-24(30)19-6-4-3-5-7-19/h3-9,14-15H,10-13,17H2,1-2H3. The number of carbonyl (C=O) groups is 2. The van der Waals surface area contributed by atoms with Crippen LogP contribution in [-0.2, 0) is 9.53 Å². The Kier molecular flexibility index (Phi) is 5.97. The second kappa shape index (κ2) is 8.85. The molecule has 0 aromatic heterocycles. The predicted octanol–water partition coefficient (Wildman–Crippen LogP) is 3.07. The lowest BCUT2D eigenvalue weighted by Crippen LogP contribution is -2.51. The lowest BCUT2D eigenvalue weighted by Gasteiger charge is -2.39. The van der Waals surface area contributed by atoms with Gasteiger partial charge in [0.05, 0.1) is 29.4 Å². The van der Waals surface area contributed by atoms with Gasteiger partial charge in [0.15, 0.2) is 0 Å². The number of piperazine rings is 1. The summed E-state index contributed by atoms with van der Waals surface area (Å²) in [5, 5.41) is 9.29. The zero-order valence-electron chi connectivity index (χ0n) is 18.2. The van der Waals surface area contributed by atoms with E-state index in [2.05, 4.69) is 6.07 Å². The highest BCUT2D eigenvalue weighted by atomic mass is 16.5. The summed E-state index contributed by atoms with van der Waals surface area (Å²) in [7, 11) is 0. The summed E-state index contributed by atoms with van der Waals surface area (Å²) in [5.74, 6) is 0.257. The van der Waals surface area contributed by atoms with Gasteiger partial charge < -0.3 is 14.4 Å². The quantitative estimate of drug-likeness (QED) is 0.677. The molecule has 2 aromatic rings. The van der Waals surface area contributed by atoms with E-state index in [9.17, 15) is 14.9 Å². The third-order valence-electron chi connectivity index (χ3n) is 5.48. The minimum atomic E-state index is -0.570. The van der Waals surface area contributed by atoms with Gasteiger partial charge in [-0.25, -0.2) is 4.79 Å². The molecular formula is C25H25N3O4. The fourth-order valence-electron chi connectivity index (χ4n) is 3.92. The van der Waals surface area contributed by atoms with Crippen molar-refractivity contribution in [3.63, 3.8) is 0 Å². The highest BCUT2D eigenvalue weighted by molar-refractivity contribution is 5.91. The molecule has 1 fully saturated rings. The average molecular weight is 431 g/mol. The van der Waals surface area contributed by atoms with E-state index in [0.29, 0.717) is 36.5 Å². The first kappa shape index (κ1) is 21.6. The number of nitrogens with zero attached hydrogens (tertiary/aromatic N) is 3. The molecule has 1 amide bonds. The molecule has 164 valence electrons. The molecule has 7 nitrogen and oxygen atoms in total. The van der Waals surface area contributed by atoms with Crippen LogP contribution in [0, 0.1) is 11.3 Å².